The van der Waals surface area contributed by atoms with Crippen molar-refractivity contribution in [3.05, 3.63) is 42.2 Å². The van der Waals surface area contributed by atoms with Gasteiger partial charge in [-0.05, 0) is 50.1 Å². The van der Waals surface area contributed by atoms with E-state index in [1.165, 1.54) is 0 Å². The predicted octanol–water partition coefficient (Wildman–Crippen LogP) is 3.12. The average molecular weight is 340 g/mol. The van der Waals surface area contributed by atoms with E-state index in [4.69, 9.17) is 0 Å². The number of hydrogen-bond donors (Lipinski definition) is 3. The molecule has 6 heteroatoms. The second kappa shape index (κ2) is 8.07. The standard InChI is InChI=1S/C19H24N4O2/c1-13-10-11-20-18(21-13)14-6-8-16(9-7-14)22-19(25)23-17-5-3-2-4-15(17)12-24/h6-11,15,17,24H,2-5,12H2,1H3,(H2,22,23,25). The number of rotatable bonds is 4. The highest BCUT2D eigenvalue weighted by atomic mass is 16.3. The van der Waals surface area contributed by atoms with Gasteiger partial charge >= 0.3 is 6.03 Å². The highest BCUT2D eigenvalue weighted by Gasteiger charge is 2.25. The number of benzene rings is 1. The van der Waals surface area contributed by atoms with Crippen LogP contribution < -0.4 is 10.6 Å². The van der Waals surface area contributed by atoms with Gasteiger partial charge in [0.15, 0.2) is 5.82 Å². The minimum atomic E-state index is -0.232. The summed E-state index contributed by atoms with van der Waals surface area (Å²) in [7, 11) is 0. The Morgan fingerprint density at radius 3 is 2.68 bits per heavy atom. The zero-order valence-corrected chi connectivity index (χ0v) is 14.4. The molecule has 1 heterocycles. The van der Waals surface area contributed by atoms with E-state index in [2.05, 4.69) is 20.6 Å². The van der Waals surface area contributed by atoms with Gasteiger partial charge in [-0.25, -0.2) is 14.8 Å². The van der Waals surface area contributed by atoms with Crippen molar-refractivity contribution in [1.82, 2.24) is 15.3 Å². The van der Waals surface area contributed by atoms with Crippen LogP contribution in [0.2, 0.25) is 0 Å². The molecule has 2 amide bonds. The van der Waals surface area contributed by atoms with Crippen molar-refractivity contribution < 1.29 is 9.90 Å². The number of carbonyl (C=O) groups is 1. The van der Waals surface area contributed by atoms with Crippen molar-refractivity contribution >= 4 is 11.7 Å². The fourth-order valence-corrected chi connectivity index (χ4v) is 3.24. The van der Waals surface area contributed by atoms with Crippen LogP contribution in [-0.2, 0) is 0 Å². The first-order chi connectivity index (χ1) is 12.2. The summed E-state index contributed by atoms with van der Waals surface area (Å²) in [5.41, 5.74) is 2.53. The maximum Gasteiger partial charge on any atom is 0.319 e. The van der Waals surface area contributed by atoms with Crippen LogP contribution in [0.25, 0.3) is 11.4 Å². The molecule has 2 aromatic rings. The van der Waals surface area contributed by atoms with Gasteiger partial charge < -0.3 is 15.7 Å². The van der Waals surface area contributed by atoms with Crippen LogP contribution in [0.4, 0.5) is 10.5 Å². The average Bonchev–Trinajstić information content (AvgIpc) is 2.63. The van der Waals surface area contributed by atoms with E-state index in [0.29, 0.717) is 11.5 Å². The lowest BCUT2D eigenvalue weighted by atomic mass is 9.85. The molecule has 0 aliphatic heterocycles. The maximum absolute atomic E-state index is 12.2. The summed E-state index contributed by atoms with van der Waals surface area (Å²) in [4.78, 5) is 20.9. The zero-order valence-electron chi connectivity index (χ0n) is 14.4. The van der Waals surface area contributed by atoms with Crippen LogP contribution in [0, 0.1) is 12.8 Å². The van der Waals surface area contributed by atoms with Crippen molar-refractivity contribution in [2.45, 2.75) is 38.6 Å². The minimum absolute atomic E-state index is 0.0405. The van der Waals surface area contributed by atoms with Crippen molar-refractivity contribution in [1.29, 1.82) is 0 Å². The Kier molecular flexibility index (Phi) is 5.60. The van der Waals surface area contributed by atoms with Crippen LogP contribution in [0.1, 0.15) is 31.4 Å². The summed E-state index contributed by atoms with van der Waals surface area (Å²) in [6.45, 7) is 2.05. The first-order valence-corrected chi connectivity index (χ1v) is 8.74. The Morgan fingerprint density at radius 1 is 1.20 bits per heavy atom. The quantitative estimate of drug-likeness (QED) is 0.798. The SMILES string of the molecule is Cc1ccnc(-c2ccc(NC(=O)NC3CCCCC3CO)cc2)n1. The Morgan fingerprint density at radius 2 is 1.96 bits per heavy atom. The van der Waals surface area contributed by atoms with Gasteiger partial charge in [-0.15, -0.1) is 0 Å². The third kappa shape index (κ3) is 4.54. The molecule has 132 valence electrons. The van der Waals surface area contributed by atoms with Gasteiger partial charge in [-0.3, -0.25) is 0 Å². The molecule has 0 saturated heterocycles. The number of urea groups is 1. The van der Waals surface area contributed by atoms with E-state index in [0.717, 1.165) is 36.9 Å². The molecule has 0 radical (unpaired) electrons. The number of amides is 2. The number of aliphatic hydroxyl groups is 1. The number of nitrogens with zero attached hydrogens (tertiary/aromatic N) is 2. The van der Waals surface area contributed by atoms with Crippen LogP contribution in [-0.4, -0.2) is 33.8 Å². The Labute approximate surface area is 147 Å². The molecule has 0 bridgehead atoms. The lowest BCUT2D eigenvalue weighted by molar-refractivity contribution is 0.156. The Bertz CT molecular complexity index is 718. The van der Waals surface area contributed by atoms with Gasteiger partial charge in [0.2, 0.25) is 0 Å². The molecule has 3 rings (SSSR count). The molecule has 0 spiro atoms. The van der Waals surface area contributed by atoms with Crippen LogP contribution >= 0.6 is 0 Å². The third-order valence-corrected chi connectivity index (χ3v) is 4.66. The largest absolute Gasteiger partial charge is 0.396 e. The number of carbonyl (C=O) groups excluding carboxylic acids is 1. The van der Waals surface area contributed by atoms with E-state index in [9.17, 15) is 9.90 Å². The van der Waals surface area contributed by atoms with Gasteiger partial charge in [0.1, 0.15) is 0 Å². The summed E-state index contributed by atoms with van der Waals surface area (Å²) < 4.78 is 0. The highest BCUT2D eigenvalue weighted by Crippen LogP contribution is 2.24. The number of aryl methyl sites for hydroxylation is 1. The van der Waals surface area contributed by atoms with Crippen molar-refractivity contribution in [3.63, 3.8) is 0 Å². The first kappa shape index (κ1) is 17.4. The first-order valence-electron chi connectivity index (χ1n) is 8.74. The van der Waals surface area contributed by atoms with E-state index >= 15 is 0 Å². The number of anilines is 1. The van der Waals surface area contributed by atoms with E-state index in [-0.39, 0.29) is 24.6 Å². The number of hydrogen-bond acceptors (Lipinski definition) is 4. The third-order valence-electron chi connectivity index (χ3n) is 4.66. The lowest BCUT2D eigenvalue weighted by Crippen LogP contribution is -2.45. The highest BCUT2D eigenvalue weighted by molar-refractivity contribution is 5.89. The fourth-order valence-electron chi connectivity index (χ4n) is 3.24. The van der Waals surface area contributed by atoms with Gasteiger partial charge in [0.05, 0.1) is 0 Å². The summed E-state index contributed by atoms with van der Waals surface area (Å²) in [5, 5.41) is 15.3. The lowest BCUT2D eigenvalue weighted by Gasteiger charge is -2.30. The topological polar surface area (TPSA) is 87.1 Å². The van der Waals surface area contributed by atoms with Gasteiger partial charge in [-0.2, -0.15) is 0 Å². The maximum atomic E-state index is 12.2. The molecule has 1 aliphatic carbocycles. The van der Waals surface area contributed by atoms with E-state index < -0.39 is 0 Å². The van der Waals surface area contributed by atoms with Gasteiger partial charge in [0.25, 0.3) is 0 Å². The summed E-state index contributed by atoms with van der Waals surface area (Å²) in [6.07, 6.45) is 5.83. The summed E-state index contributed by atoms with van der Waals surface area (Å²) in [5.74, 6) is 0.823. The zero-order chi connectivity index (χ0) is 17.6. The molecule has 6 nitrogen and oxygen atoms in total. The molecular weight excluding hydrogens is 316 g/mol. The van der Waals surface area contributed by atoms with Crippen LogP contribution in [0.15, 0.2) is 36.5 Å². The summed E-state index contributed by atoms with van der Waals surface area (Å²) >= 11 is 0. The number of aromatic nitrogens is 2. The number of aliphatic hydroxyl groups excluding tert-OH is 1. The molecule has 1 fully saturated rings. The van der Waals surface area contributed by atoms with Crippen molar-refractivity contribution in [3.8, 4) is 11.4 Å². The van der Waals surface area contributed by atoms with Gasteiger partial charge in [-0.1, -0.05) is 12.8 Å². The molecular formula is C19H24N4O2. The van der Waals surface area contributed by atoms with Crippen LogP contribution in [0.3, 0.4) is 0 Å². The Hall–Kier alpha value is -2.47. The van der Waals surface area contributed by atoms with Gasteiger partial charge in [0, 0.05) is 41.7 Å². The summed E-state index contributed by atoms with van der Waals surface area (Å²) in [6, 6.07) is 9.12. The molecule has 2 atom stereocenters. The predicted molar refractivity (Wildman–Crippen MR) is 97.2 cm³/mol. The number of nitrogens with one attached hydrogen (secondary N) is 2. The van der Waals surface area contributed by atoms with Crippen molar-refractivity contribution in [2.75, 3.05) is 11.9 Å². The van der Waals surface area contributed by atoms with Crippen LogP contribution in [0.5, 0.6) is 0 Å². The molecule has 2 unspecified atom stereocenters. The fraction of sp³-hybridized carbons (Fsp3) is 0.421. The second-order valence-corrected chi connectivity index (χ2v) is 6.53. The molecule has 3 N–H and O–H groups in total. The molecule has 1 aliphatic rings. The molecule has 25 heavy (non-hydrogen) atoms. The minimum Gasteiger partial charge on any atom is -0.396 e. The van der Waals surface area contributed by atoms with E-state index in [1.807, 2.05) is 37.3 Å². The molecule has 1 aromatic heterocycles. The monoisotopic (exact) mass is 340 g/mol. The second-order valence-electron chi connectivity index (χ2n) is 6.53. The van der Waals surface area contributed by atoms with E-state index in [1.54, 1.807) is 6.20 Å². The smallest absolute Gasteiger partial charge is 0.319 e. The van der Waals surface area contributed by atoms with Crippen molar-refractivity contribution in [2.24, 2.45) is 5.92 Å². The Balaban J connectivity index is 1.60. The normalized spacial score (nSPS) is 20.1. The molecule has 1 saturated carbocycles. The molecule has 1 aromatic carbocycles.